The minimum atomic E-state index is -0.521. The topological polar surface area (TPSA) is 41.5 Å². The summed E-state index contributed by atoms with van der Waals surface area (Å²) in [5, 5.41) is 12.9. The molecule has 0 amide bonds. The van der Waals surface area contributed by atoms with Crippen molar-refractivity contribution in [2.75, 3.05) is 26.3 Å². The van der Waals surface area contributed by atoms with Gasteiger partial charge in [0.05, 0.1) is 13.2 Å². The van der Waals surface area contributed by atoms with Gasteiger partial charge in [-0.05, 0) is 12.1 Å². The smallest absolute Gasteiger partial charge is 0.102 e. The number of aliphatic hydroxyl groups is 1. The zero-order chi connectivity index (χ0) is 10.9. The van der Waals surface area contributed by atoms with Crippen molar-refractivity contribution in [1.82, 2.24) is 5.32 Å². The van der Waals surface area contributed by atoms with Crippen LogP contribution in [0.15, 0.2) is 30.3 Å². The monoisotopic (exact) mass is 209 g/mol. The Morgan fingerprint density at radius 2 is 2.07 bits per heavy atom. The van der Waals surface area contributed by atoms with E-state index in [2.05, 4.69) is 12.2 Å². The van der Waals surface area contributed by atoms with Crippen LogP contribution in [0.3, 0.4) is 0 Å². The Bertz CT molecular complexity index is 251. The van der Waals surface area contributed by atoms with E-state index in [0.29, 0.717) is 13.2 Å². The molecule has 0 spiro atoms. The average Bonchev–Trinajstić information content (AvgIpc) is 2.30. The van der Waals surface area contributed by atoms with E-state index >= 15 is 0 Å². The molecule has 0 bridgehead atoms. The van der Waals surface area contributed by atoms with Gasteiger partial charge in [0.25, 0.3) is 0 Å². The zero-order valence-corrected chi connectivity index (χ0v) is 9.15. The van der Waals surface area contributed by atoms with E-state index in [0.717, 1.165) is 18.7 Å². The van der Waals surface area contributed by atoms with Crippen LogP contribution < -0.4 is 5.32 Å². The van der Waals surface area contributed by atoms with Gasteiger partial charge in [0.1, 0.15) is 6.10 Å². The first kappa shape index (κ1) is 12.2. The fourth-order valence-electron chi connectivity index (χ4n) is 1.29. The predicted octanol–water partition coefficient (Wildman–Crippen LogP) is 1.35. The number of hydrogen-bond donors (Lipinski definition) is 2. The van der Waals surface area contributed by atoms with Crippen LogP contribution in [0.25, 0.3) is 0 Å². The fraction of sp³-hybridized carbons (Fsp3) is 0.500. The molecule has 0 saturated heterocycles. The van der Waals surface area contributed by atoms with Gasteiger partial charge in [0.15, 0.2) is 0 Å². The Hall–Kier alpha value is -0.900. The number of benzene rings is 1. The molecular weight excluding hydrogens is 190 g/mol. The highest BCUT2D eigenvalue weighted by Crippen LogP contribution is 2.11. The molecule has 1 rings (SSSR count). The first-order valence-corrected chi connectivity index (χ1v) is 5.36. The third kappa shape index (κ3) is 4.93. The quantitative estimate of drug-likeness (QED) is 0.666. The van der Waals surface area contributed by atoms with Crippen LogP contribution in [0.2, 0.25) is 0 Å². The summed E-state index contributed by atoms with van der Waals surface area (Å²) >= 11 is 0. The minimum absolute atomic E-state index is 0.357. The number of hydrogen-bond acceptors (Lipinski definition) is 3. The predicted molar refractivity (Wildman–Crippen MR) is 60.8 cm³/mol. The minimum Gasteiger partial charge on any atom is -0.386 e. The molecule has 0 radical (unpaired) electrons. The normalized spacial score (nSPS) is 12.7. The van der Waals surface area contributed by atoms with Gasteiger partial charge in [0.2, 0.25) is 0 Å². The lowest BCUT2D eigenvalue weighted by Gasteiger charge is -2.11. The number of ether oxygens (including phenoxy) is 1. The van der Waals surface area contributed by atoms with E-state index in [1.807, 2.05) is 30.3 Å². The Morgan fingerprint density at radius 1 is 1.33 bits per heavy atom. The van der Waals surface area contributed by atoms with E-state index in [4.69, 9.17) is 4.74 Å². The van der Waals surface area contributed by atoms with E-state index in [1.165, 1.54) is 0 Å². The van der Waals surface area contributed by atoms with E-state index in [1.54, 1.807) is 0 Å². The summed E-state index contributed by atoms with van der Waals surface area (Å²) in [5.74, 6) is 0. The van der Waals surface area contributed by atoms with Crippen molar-refractivity contribution in [3.05, 3.63) is 35.9 Å². The Balaban J connectivity index is 2.16. The molecule has 2 N–H and O–H groups in total. The summed E-state index contributed by atoms with van der Waals surface area (Å²) in [6.45, 7) is 4.83. The second-order valence-corrected chi connectivity index (χ2v) is 3.35. The van der Waals surface area contributed by atoms with Gasteiger partial charge >= 0.3 is 0 Å². The first-order valence-electron chi connectivity index (χ1n) is 5.36. The van der Waals surface area contributed by atoms with Crippen molar-refractivity contribution in [2.24, 2.45) is 0 Å². The molecule has 1 aromatic rings. The zero-order valence-electron chi connectivity index (χ0n) is 9.15. The number of likely N-dealkylation sites (N-methyl/N-ethyl adjacent to an activating group) is 1. The highest BCUT2D eigenvalue weighted by atomic mass is 16.5. The van der Waals surface area contributed by atoms with E-state index in [9.17, 15) is 5.11 Å². The molecule has 1 unspecified atom stereocenters. The summed E-state index contributed by atoms with van der Waals surface area (Å²) in [5.41, 5.74) is 0.904. The van der Waals surface area contributed by atoms with Crippen molar-refractivity contribution < 1.29 is 9.84 Å². The van der Waals surface area contributed by atoms with Crippen LogP contribution in [0.4, 0.5) is 0 Å². The second-order valence-electron chi connectivity index (χ2n) is 3.35. The van der Waals surface area contributed by atoms with Crippen molar-refractivity contribution in [3.8, 4) is 0 Å². The van der Waals surface area contributed by atoms with Crippen molar-refractivity contribution in [3.63, 3.8) is 0 Å². The Kier molecular flexibility index (Phi) is 6.00. The first-order chi connectivity index (χ1) is 7.34. The number of rotatable bonds is 7. The van der Waals surface area contributed by atoms with Gasteiger partial charge in [-0.1, -0.05) is 37.3 Å². The standard InChI is InChI=1S/C12H19NO2/c1-2-13-8-9-15-10-12(14)11-6-4-3-5-7-11/h3-7,12-14H,2,8-10H2,1H3. The molecule has 0 heterocycles. The average molecular weight is 209 g/mol. The summed E-state index contributed by atoms with van der Waals surface area (Å²) in [6.07, 6.45) is -0.521. The molecule has 3 heteroatoms. The van der Waals surface area contributed by atoms with Gasteiger partial charge in [-0.2, -0.15) is 0 Å². The van der Waals surface area contributed by atoms with Crippen molar-refractivity contribution in [2.45, 2.75) is 13.0 Å². The fourth-order valence-corrected chi connectivity index (χ4v) is 1.29. The SMILES string of the molecule is CCNCCOCC(O)c1ccccc1. The highest BCUT2D eigenvalue weighted by molar-refractivity contribution is 5.17. The third-order valence-electron chi connectivity index (χ3n) is 2.13. The summed E-state index contributed by atoms with van der Waals surface area (Å²) in [4.78, 5) is 0. The Labute approximate surface area is 91.1 Å². The summed E-state index contributed by atoms with van der Waals surface area (Å²) < 4.78 is 5.34. The third-order valence-corrected chi connectivity index (χ3v) is 2.13. The molecule has 0 saturated carbocycles. The maximum Gasteiger partial charge on any atom is 0.102 e. The van der Waals surface area contributed by atoms with E-state index < -0.39 is 6.10 Å². The summed E-state index contributed by atoms with van der Waals surface area (Å²) in [6, 6.07) is 9.56. The van der Waals surface area contributed by atoms with Crippen LogP contribution in [-0.4, -0.2) is 31.4 Å². The molecule has 0 aliphatic carbocycles. The van der Waals surface area contributed by atoms with Gasteiger partial charge in [-0.25, -0.2) is 0 Å². The van der Waals surface area contributed by atoms with Crippen LogP contribution in [0.5, 0.6) is 0 Å². The maximum atomic E-state index is 9.73. The van der Waals surface area contributed by atoms with Gasteiger partial charge in [-0.3, -0.25) is 0 Å². The molecule has 0 aliphatic rings. The lowest BCUT2D eigenvalue weighted by atomic mass is 10.1. The lowest BCUT2D eigenvalue weighted by Crippen LogP contribution is -2.20. The van der Waals surface area contributed by atoms with Crippen LogP contribution >= 0.6 is 0 Å². The molecule has 15 heavy (non-hydrogen) atoms. The van der Waals surface area contributed by atoms with Gasteiger partial charge < -0.3 is 15.2 Å². The van der Waals surface area contributed by atoms with E-state index in [-0.39, 0.29) is 0 Å². The molecule has 3 nitrogen and oxygen atoms in total. The van der Waals surface area contributed by atoms with Gasteiger partial charge in [-0.15, -0.1) is 0 Å². The van der Waals surface area contributed by atoms with Crippen LogP contribution in [-0.2, 0) is 4.74 Å². The molecule has 0 fully saturated rings. The molecule has 0 aromatic heterocycles. The van der Waals surface area contributed by atoms with Crippen LogP contribution in [0.1, 0.15) is 18.6 Å². The molecule has 1 aromatic carbocycles. The molecule has 1 atom stereocenters. The maximum absolute atomic E-state index is 9.73. The van der Waals surface area contributed by atoms with Crippen LogP contribution in [0, 0.1) is 0 Å². The lowest BCUT2D eigenvalue weighted by molar-refractivity contribution is 0.0375. The highest BCUT2D eigenvalue weighted by Gasteiger charge is 2.05. The number of aliphatic hydroxyl groups excluding tert-OH is 1. The largest absolute Gasteiger partial charge is 0.386 e. The van der Waals surface area contributed by atoms with Crippen molar-refractivity contribution >= 4 is 0 Å². The molecular formula is C12H19NO2. The Morgan fingerprint density at radius 3 is 2.73 bits per heavy atom. The second kappa shape index (κ2) is 7.40. The molecule has 84 valence electrons. The van der Waals surface area contributed by atoms with Crippen molar-refractivity contribution in [1.29, 1.82) is 0 Å². The van der Waals surface area contributed by atoms with Gasteiger partial charge in [0, 0.05) is 6.54 Å². The summed E-state index contributed by atoms with van der Waals surface area (Å²) in [7, 11) is 0. The molecule has 0 aliphatic heterocycles. The number of nitrogens with one attached hydrogen (secondary N) is 1.